The van der Waals surface area contributed by atoms with E-state index in [1.165, 1.54) is 24.4 Å². The van der Waals surface area contributed by atoms with Gasteiger partial charge >= 0.3 is 12.4 Å². The van der Waals surface area contributed by atoms with E-state index in [1.807, 2.05) is 0 Å². The van der Waals surface area contributed by atoms with Gasteiger partial charge in [0.25, 0.3) is 0 Å². The van der Waals surface area contributed by atoms with E-state index in [0.29, 0.717) is 28.3 Å². The molecule has 2 unspecified atom stereocenters. The average molecular weight is 452 g/mol. The van der Waals surface area contributed by atoms with Crippen molar-refractivity contribution in [3.8, 4) is 0 Å². The maximum atomic E-state index is 13.4. The van der Waals surface area contributed by atoms with Gasteiger partial charge in [0.1, 0.15) is 12.0 Å². The van der Waals surface area contributed by atoms with Crippen molar-refractivity contribution in [1.29, 1.82) is 0 Å². The molecule has 2 aromatic rings. The number of anilines is 2. The molecule has 168 valence electrons. The van der Waals surface area contributed by atoms with Crippen LogP contribution in [0.15, 0.2) is 71.4 Å². The average Bonchev–Trinajstić information content (AvgIpc) is 2.72. The summed E-state index contributed by atoms with van der Waals surface area (Å²) in [5, 5.41) is 8.86. The maximum Gasteiger partial charge on any atom is 0.416 e. The predicted molar refractivity (Wildman–Crippen MR) is 110 cm³/mol. The third-order valence-corrected chi connectivity index (χ3v) is 5.07. The summed E-state index contributed by atoms with van der Waals surface area (Å²) in [6, 6.07) is 8.27. The molecule has 4 nitrogen and oxygen atoms in total. The molecule has 2 aromatic carbocycles. The zero-order valence-corrected chi connectivity index (χ0v) is 16.6. The van der Waals surface area contributed by atoms with E-state index < -0.39 is 35.7 Å². The Morgan fingerprint density at radius 3 is 2.31 bits per heavy atom. The molecule has 2 atom stereocenters. The van der Waals surface area contributed by atoms with Gasteiger partial charge in [-0.3, -0.25) is 0 Å². The number of amidine groups is 1. The van der Waals surface area contributed by atoms with Crippen molar-refractivity contribution in [2.24, 2.45) is 4.99 Å². The van der Waals surface area contributed by atoms with E-state index >= 15 is 0 Å². The molecule has 2 aliphatic rings. The molecule has 0 saturated carbocycles. The first kappa shape index (κ1) is 21.8. The fourth-order valence-corrected chi connectivity index (χ4v) is 3.59. The van der Waals surface area contributed by atoms with Crippen LogP contribution in [0.1, 0.15) is 29.7 Å². The van der Waals surface area contributed by atoms with Crippen molar-refractivity contribution in [2.75, 3.05) is 10.6 Å². The molecule has 10 heteroatoms. The minimum absolute atomic E-state index is 0.397. The van der Waals surface area contributed by atoms with E-state index in [9.17, 15) is 26.3 Å². The first-order valence-electron chi connectivity index (χ1n) is 9.65. The van der Waals surface area contributed by atoms with Gasteiger partial charge in [0.05, 0.1) is 17.2 Å². The number of allylic oxidation sites excluding steroid dienone is 2. The second-order valence-electron chi connectivity index (χ2n) is 7.38. The topological polar surface area (TPSA) is 48.5 Å². The van der Waals surface area contributed by atoms with Crippen LogP contribution >= 0.6 is 0 Å². The largest absolute Gasteiger partial charge is 0.416 e. The third kappa shape index (κ3) is 4.44. The number of hydrogen-bond acceptors (Lipinski definition) is 4. The lowest BCUT2D eigenvalue weighted by Crippen LogP contribution is -2.30. The molecule has 0 amide bonds. The smallest absolute Gasteiger partial charge is 0.380 e. The summed E-state index contributed by atoms with van der Waals surface area (Å²) in [5.74, 6) is 0.403. The fraction of sp³-hybridized carbons (Fsp3) is 0.227. The second kappa shape index (κ2) is 7.92. The quantitative estimate of drug-likeness (QED) is 0.491. The van der Waals surface area contributed by atoms with Crippen LogP contribution in [0.4, 0.5) is 37.7 Å². The monoisotopic (exact) mass is 452 g/mol. The summed E-state index contributed by atoms with van der Waals surface area (Å²) in [5.41, 5.74) is 0.499. The number of fused-ring (bicyclic) bond motifs is 1. The van der Waals surface area contributed by atoms with Gasteiger partial charge < -0.3 is 16.0 Å². The van der Waals surface area contributed by atoms with E-state index in [4.69, 9.17) is 0 Å². The lowest BCUT2D eigenvalue weighted by molar-refractivity contribution is -0.137. The number of nitrogens with one attached hydrogen (secondary N) is 3. The number of hydrogen-bond donors (Lipinski definition) is 3. The van der Waals surface area contributed by atoms with Gasteiger partial charge in [-0.15, -0.1) is 0 Å². The standard InChI is InChI=1S/C22H18F6N4/c1-12-30-18-11-13(19-17(22(26,27)28)3-2-10-29-19)4-9-16(18)20(31-12)32-15-7-5-14(6-8-15)21(23,24)25/h2-12,19,29-30H,1H3,(H,31,32). The highest BCUT2D eigenvalue weighted by Gasteiger charge is 2.40. The molecular weight excluding hydrogens is 434 g/mol. The van der Waals surface area contributed by atoms with Crippen LogP contribution in [0.25, 0.3) is 0 Å². The molecule has 0 aromatic heterocycles. The van der Waals surface area contributed by atoms with Gasteiger partial charge in [0.2, 0.25) is 0 Å². The molecule has 2 heterocycles. The third-order valence-electron chi connectivity index (χ3n) is 5.07. The van der Waals surface area contributed by atoms with Gasteiger partial charge in [0.15, 0.2) is 0 Å². The molecule has 0 bridgehead atoms. The van der Waals surface area contributed by atoms with E-state index in [2.05, 4.69) is 20.9 Å². The number of dihydropyridines is 1. The van der Waals surface area contributed by atoms with Gasteiger partial charge in [-0.25, -0.2) is 4.99 Å². The lowest BCUT2D eigenvalue weighted by atomic mass is 9.94. The van der Waals surface area contributed by atoms with E-state index in [1.54, 1.807) is 25.1 Å². The van der Waals surface area contributed by atoms with Crippen molar-refractivity contribution in [3.63, 3.8) is 0 Å². The summed E-state index contributed by atoms with van der Waals surface area (Å²) in [6.45, 7) is 1.76. The van der Waals surface area contributed by atoms with E-state index in [0.717, 1.165) is 18.2 Å². The summed E-state index contributed by atoms with van der Waals surface area (Å²) in [7, 11) is 0. The fourth-order valence-electron chi connectivity index (χ4n) is 3.59. The first-order chi connectivity index (χ1) is 15.0. The van der Waals surface area contributed by atoms with Gasteiger partial charge in [-0.05, 0) is 61.2 Å². The summed E-state index contributed by atoms with van der Waals surface area (Å²) in [6.07, 6.45) is -5.53. The van der Waals surface area contributed by atoms with Gasteiger partial charge in [-0.2, -0.15) is 26.3 Å². The number of benzene rings is 2. The van der Waals surface area contributed by atoms with Crippen LogP contribution in [-0.2, 0) is 6.18 Å². The Kier molecular flexibility index (Phi) is 5.39. The van der Waals surface area contributed by atoms with Crippen LogP contribution in [0.3, 0.4) is 0 Å². The van der Waals surface area contributed by atoms with Gasteiger partial charge in [-0.1, -0.05) is 12.1 Å². The van der Waals surface area contributed by atoms with Crippen molar-refractivity contribution in [2.45, 2.75) is 31.5 Å². The Morgan fingerprint density at radius 1 is 0.938 bits per heavy atom. The minimum atomic E-state index is -4.49. The van der Waals surface area contributed by atoms with Crippen molar-refractivity contribution >= 4 is 17.2 Å². The first-order valence-corrected chi connectivity index (χ1v) is 9.65. The zero-order valence-electron chi connectivity index (χ0n) is 16.6. The Labute approximate surface area is 179 Å². The number of nitrogens with zero attached hydrogens (tertiary/aromatic N) is 1. The summed E-state index contributed by atoms with van der Waals surface area (Å²) in [4.78, 5) is 4.44. The second-order valence-corrected chi connectivity index (χ2v) is 7.38. The van der Waals surface area contributed by atoms with Crippen molar-refractivity contribution < 1.29 is 26.3 Å². The number of rotatable bonds is 2. The number of alkyl halides is 6. The predicted octanol–water partition coefficient (Wildman–Crippen LogP) is 5.98. The Balaban J connectivity index is 1.62. The van der Waals surface area contributed by atoms with Crippen molar-refractivity contribution in [3.05, 3.63) is 83.1 Å². The van der Waals surface area contributed by atoms with Crippen LogP contribution < -0.4 is 16.0 Å². The van der Waals surface area contributed by atoms with E-state index in [-0.39, 0.29) is 0 Å². The Hall–Kier alpha value is -3.43. The molecule has 0 saturated heterocycles. The molecule has 0 radical (unpaired) electrons. The molecule has 0 aliphatic carbocycles. The molecule has 32 heavy (non-hydrogen) atoms. The SMILES string of the molecule is CC1N=C(Nc2ccc(C(F)(F)F)cc2)c2ccc(C3NC=CC=C3C(F)(F)F)cc2N1. The van der Waals surface area contributed by atoms with Crippen molar-refractivity contribution in [1.82, 2.24) is 5.32 Å². The van der Waals surface area contributed by atoms with Crippen LogP contribution in [-0.4, -0.2) is 18.2 Å². The maximum absolute atomic E-state index is 13.4. The Morgan fingerprint density at radius 2 is 1.66 bits per heavy atom. The van der Waals surface area contributed by atoms with Crippen LogP contribution in [0, 0.1) is 0 Å². The highest BCUT2D eigenvalue weighted by Crippen LogP contribution is 2.38. The Bertz CT molecular complexity index is 1100. The molecule has 2 aliphatic heterocycles. The zero-order chi connectivity index (χ0) is 23.1. The van der Waals surface area contributed by atoms with Gasteiger partial charge in [0, 0.05) is 16.9 Å². The highest BCUT2D eigenvalue weighted by molar-refractivity contribution is 6.12. The lowest BCUT2D eigenvalue weighted by Gasteiger charge is -2.28. The van der Waals surface area contributed by atoms with Crippen LogP contribution in [0.2, 0.25) is 0 Å². The molecule has 0 fully saturated rings. The molecule has 3 N–H and O–H groups in total. The normalized spacial score (nSPS) is 20.5. The molecule has 4 rings (SSSR count). The number of aliphatic imine (C=N–C) groups is 1. The van der Waals surface area contributed by atoms with Crippen LogP contribution in [0.5, 0.6) is 0 Å². The summed E-state index contributed by atoms with van der Waals surface area (Å²) < 4.78 is 78.6. The molecular formula is C22H18F6N4. The number of halogens is 6. The minimum Gasteiger partial charge on any atom is -0.380 e. The molecule has 0 spiro atoms. The summed E-state index contributed by atoms with van der Waals surface area (Å²) >= 11 is 0. The highest BCUT2D eigenvalue weighted by atomic mass is 19.4.